The summed E-state index contributed by atoms with van der Waals surface area (Å²) in [7, 11) is 10.7. The maximum atomic E-state index is 13.1. The van der Waals surface area contributed by atoms with Crippen LogP contribution in [0.15, 0.2) is 92.6 Å². The minimum atomic E-state index is -1.99. The summed E-state index contributed by atoms with van der Waals surface area (Å²) < 4.78 is 10.2. The molecule has 0 aliphatic carbocycles. The summed E-state index contributed by atoms with van der Waals surface area (Å²) in [6.45, 7) is 0. The molecule has 246 valence electrons. The first-order valence-electron chi connectivity index (χ1n) is 15.1. The van der Waals surface area contributed by atoms with E-state index in [0.717, 1.165) is 0 Å². The molecule has 7 aromatic rings. The Kier molecular flexibility index (Phi) is 7.08. The predicted molar refractivity (Wildman–Crippen MR) is 172 cm³/mol. The molecule has 0 radical (unpaired) electrons. The largest absolute Gasteiger partial charge is 0.371 e. The minimum absolute atomic E-state index is 0.252. The molecule has 0 amide bonds. The molecule has 0 fully saturated rings. The zero-order valence-electron chi connectivity index (χ0n) is 27.4. The van der Waals surface area contributed by atoms with Crippen molar-refractivity contribution in [2.45, 2.75) is 16.8 Å². The van der Waals surface area contributed by atoms with Gasteiger partial charge in [-0.1, -0.05) is 0 Å². The molecule has 1 aromatic carbocycles. The van der Waals surface area contributed by atoms with Crippen LogP contribution in [0.5, 0.6) is 0 Å². The first-order chi connectivity index (χ1) is 22.9. The van der Waals surface area contributed by atoms with Crippen molar-refractivity contribution in [3.8, 4) is 0 Å². The molecular formula is C33H36N12O3. The average molecular weight is 649 g/mol. The van der Waals surface area contributed by atoms with Crippen LogP contribution >= 0.6 is 0 Å². The zero-order valence-corrected chi connectivity index (χ0v) is 27.4. The Labute approximate surface area is 275 Å². The van der Waals surface area contributed by atoms with Gasteiger partial charge in [-0.05, 0) is 34.9 Å². The molecule has 0 unspecified atom stereocenters. The summed E-state index contributed by atoms with van der Waals surface area (Å²) in [5.74, 6) is 1.56. The lowest BCUT2D eigenvalue weighted by Gasteiger charge is -2.35. The second kappa shape index (κ2) is 11.0. The lowest BCUT2D eigenvalue weighted by molar-refractivity contribution is 0.0857. The molecule has 0 spiro atoms. The van der Waals surface area contributed by atoms with Crippen molar-refractivity contribution in [1.29, 1.82) is 0 Å². The van der Waals surface area contributed by atoms with E-state index in [1.165, 1.54) is 0 Å². The first-order valence-corrected chi connectivity index (χ1v) is 15.1. The van der Waals surface area contributed by atoms with E-state index in [0.29, 0.717) is 0 Å². The Morgan fingerprint density at radius 1 is 0.354 bits per heavy atom. The second-order valence-corrected chi connectivity index (χ2v) is 12.1. The molecule has 3 N–H and O–H groups in total. The topological polar surface area (TPSA) is 168 Å². The number of hydrogen-bond donors (Lipinski definition) is 3. The zero-order chi connectivity index (χ0) is 34.0. The normalized spacial score (nSPS) is 12.7. The SMILES string of the molecule is Cn1ccnc1C(O)(c1cc(C(O)(c2nccn2C)c2nccn2C)cc(C(O)(c2nccn2C)c2nccn2C)c1)c1nccn1C. The quantitative estimate of drug-likeness (QED) is 0.206. The molecule has 15 nitrogen and oxygen atoms in total. The lowest BCUT2D eigenvalue weighted by Crippen LogP contribution is -2.40. The van der Waals surface area contributed by atoms with E-state index in [2.05, 4.69) is 29.9 Å². The summed E-state index contributed by atoms with van der Waals surface area (Å²) in [5.41, 5.74) is -5.21. The standard InChI is InChI=1S/C33H36N12O3/c1-40-13-7-34-25(40)31(46,26-35-8-14-41(26)2)22-19-23(32(47,27-36-9-15-42(27)3)28-37-10-16-43(28)4)21-24(20-22)33(48,29-38-11-17-44(29)5)30-39-12-18-45(30)6/h7-21,46-48H,1-6H3. The number of rotatable bonds is 9. The molecule has 6 heterocycles. The first kappa shape index (κ1) is 31.0. The number of imidazole rings is 6. The Balaban J connectivity index is 1.65. The Hall–Kier alpha value is -5.64. The summed E-state index contributed by atoms with van der Waals surface area (Å²) >= 11 is 0. The maximum Gasteiger partial charge on any atom is 0.206 e. The van der Waals surface area contributed by atoms with Crippen molar-refractivity contribution in [2.24, 2.45) is 42.3 Å². The number of aromatic nitrogens is 12. The van der Waals surface area contributed by atoms with Crippen LogP contribution in [0.25, 0.3) is 0 Å². The van der Waals surface area contributed by atoms with E-state index in [4.69, 9.17) is 0 Å². The van der Waals surface area contributed by atoms with Gasteiger partial charge >= 0.3 is 0 Å². The fourth-order valence-corrected chi connectivity index (χ4v) is 6.61. The van der Waals surface area contributed by atoms with Crippen molar-refractivity contribution in [1.82, 2.24) is 57.3 Å². The van der Waals surface area contributed by atoms with Gasteiger partial charge < -0.3 is 42.7 Å². The van der Waals surface area contributed by atoms with Gasteiger partial charge in [0, 0.05) is 117 Å². The van der Waals surface area contributed by atoms with E-state index < -0.39 is 16.8 Å². The monoisotopic (exact) mass is 648 g/mol. The molecule has 48 heavy (non-hydrogen) atoms. The number of benzene rings is 1. The van der Waals surface area contributed by atoms with Crippen molar-refractivity contribution in [3.05, 3.63) is 144 Å². The Bertz CT molecular complexity index is 1860. The van der Waals surface area contributed by atoms with Gasteiger partial charge in [-0.3, -0.25) is 0 Å². The van der Waals surface area contributed by atoms with E-state index in [1.54, 1.807) is 162 Å². The van der Waals surface area contributed by atoms with Gasteiger partial charge in [-0.2, -0.15) is 0 Å². The highest BCUT2D eigenvalue weighted by Crippen LogP contribution is 2.44. The van der Waals surface area contributed by atoms with Crippen LogP contribution < -0.4 is 0 Å². The van der Waals surface area contributed by atoms with Crippen molar-refractivity contribution in [3.63, 3.8) is 0 Å². The fraction of sp³-hybridized carbons (Fsp3) is 0.273. The van der Waals surface area contributed by atoms with Gasteiger partial charge in [0.25, 0.3) is 0 Å². The number of aryl methyl sites for hydroxylation is 6. The van der Waals surface area contributed by atoms with Crippen LogP contribution in [0.2, 0.25) is 0 Å². The van der Waals surface area contributed by atoms with E-state index in [1.807, 2.05) is 0 Å². The third-order valence-electron chi connectivity index (χ3n) is 9.06. The van der Waals surface area contributed by atoms with Gasteiger partial charge in [-0.25, -0.2) is 29.9 Å². The fourth-order valence-electron chi connectivity index (χ4n) is 6.61. The number of nitrogens with zero attached hydrogens (tertiary/aromatic N) is 12. The third-order valence-corrected chi connectivity index (χ3v) is 9.06. The van der Waals surface area contributed by atoms with Gasteiger partial charge in [0.05, 0.1) is 0 Å². The van der Waals surface area contributed by atoms with Crippen LogP contribution in [0, 0.1) is 0 Å². The van der Waals surface area contributed by atoms with E-state index in [-0.39, 0.29) is 51.6 Å². The van der Waals surface area contributed by atoms with Crippen LogP contribution in [-0.4, -0.2) is 72.6 Å². The highest BCUT2D eigenvalue weighted by Gasteiger charge is 2.49. The predicted octanol–water partition coefficient (Wildman–Crippen LogP) is 0.940. The molecule has 7 rings (SSSR count). The lowest BCUT2D eigenvalue weighted by atomic mass is 9.79. The second-order valence-electron chi connectivity index (χ2n) is 12.1. The molecule has 0 saturated carbocycles. The maximum absolute atomic E-state index is 13.1. The highest BCUT2D eigenvalue weighted by molar-refractivity contribution is 5.52. The highest BCUT2D eigenvalue weighted by atomic mass is 16.3. The third kappa shape index (κ3) is 4.32. The van der Waals surface area contributed by atoms with Crippen LogP contribution in [0.4, 0.5) is 0 Å². The molecule has 0 aliphatic rings. The van der Waals surface area contributed by atoms with E-state index in [9.17, 15) is 15.3 Å². The summed E-state index contributed by atoms with van der Waals surface area (Å²) in [6, 6.07) is 5.02. The Morgan fingerprint density at radius 2 is 0.521 bits per heavy atom. The van der Waals surface area contributed by atoms with Crippen molar-refractivity contribution in [2.75, 3.05) is 0 Å². The van der Waals surface area contributed by atoms with Gasteiger partial charge in [-0.15, -0.1) is 0 Å². The van der Waals surface area contributed by atoms with Gasteiger partial charge in [0.2, 0.25) is 16.8 Å². The molecular weight excluding hydrogens is 612 g/mol. The summed E-state index contributed by atoms with van der Waals surface area (Å²) in [4.78, 5) is 27.4. The Morgan fingerprint density at radius 3 is 0.646 bits per heavy atom. The smallest absolute Gasteiger partial charge is 0.206 e. The van der Waals surface area contributed by atoms with Crippen LogP contribution in [0.1, 0.15) is 51.6 Å². The summed E-state index contributed by atoms with van der Waals surface area (Å²) in [6.07, 6.45) is 19.9. The number of aliphatic hydroxyl groups is 3. The number of hydrogen-bond acceptors (Lipinski definition) is 9. The van der Waals surface area contributed by atoms with Gasteiger partial charge in [0.15, 0.2) is 34.9 Å². The van der Waals surface area contributed by atoms with Gasteiger partial charge in [0.1, 0.15) is 0 Å². The average Bonchev–Trinajstić information content (AvgIpc) is 3.91. The molecule has 0 atom stereocenters. The van der Waals surface area contributed by atoms with E-state index >= 15 is 0 Å². The van der Waals surface area contributed by atoms with Crippen molar-refractivity contribution >= 4 is 0 Å². The molecule has 15 heteroatoms. The minimum Gasteiger partial charge on any atom is -0.371 e. The van der Waals surface area contributed by atoms with Crippen molar-refractivity contribution < 1.29 is 15.3 Å². The molecule has 0 aliphatic heterocycles. The van der Waals surface area contributed by atoms with Crippen LogP contribution in [-0.2, 0) is 59.1 Å². The molecule has 0 bridgehead atoms. The molecule has 6 aromatic heterocycles. The molecule has 0 saturated heterocycles. The van der Waals surface area contributed by atoms with Crippen LogP contribution in [0.3, 0.4) is 0 Å². The summed E-state index contributed by atoms with van der Waals surface area (Å²) in [5, 5.41) is 39.2.